The van der Waals surface area contributed by atoms with Crippen molar-refractivity contribution in [2.24, 2.45) is 10.8 Å². The average molecular weight is 871 g/mol. The Hall–Kier alpha value is -4.89. The molecule has 5 aromatic carbocycles. The second kappa shape index (κ2) is 15.6. The van der Waals surface area contributed by atoms with E-state index in [1.165, 1.54) is 38.4 Å². The van der Waals surface area contributed by atoms with Gasteiger partial charge in [0.1, 0.15) is 11.2 Å². The molecule has 0 atom stereocenters. The number of pyridine rings is 2. The van der Waals surface area contributed by atoms with Gasteiger partial charge in [-0.25, -0.2) is 0 Å². The number of nitrogens with zero attached hydrogens (tertiary/aromatic N) is 2. The molecule has 0 aliphatic heterocycles. The molecule has 3 nitrogen and oxygen atoms in total. The Balaban J connectivity index is 0.000000215. The van der Waals surface area contributed by atoms with E-state index in [1.807, 2.05) is 30.6 Å². The maximum Gasteiger partial charge on any atom is 0.136 e. The number of fused-ring (bicyclic) bond motifs is 5. The Bertz CT molecular complexity index is 2460. The van der Waals surface area contributed by atoms with Crippen molar-refractivity contribution in [2.75, 3.05) is 0 Å². The Kier molecular flexibility index (Phi) is 11.1. The monoisotopic (exact) mass is 871 g/mol. The molecular weight excluding hydrogens is 825 g/mol. The first-order valence-electron chi connectivity index (χ1n) is 18.1. The summed E-state index contributed by atoms with van der Waals surface area (Å²) in [6.45, 7) is 15.6. The molecule has 0 aliphatic carbocycles. The minimum atomic E-state index is 0. The fourth-order valence-electron chi connectivity index (χ4n) is 6.89. The van der Waals surface area contributed by atoms with Gasteiger partial charge in [-0.05, 0) is 69.6 Å². The van der Waals surface area contributed by atoms with E-state index in [-0.39, 0.29) is 25.5 Å². The fourth-order valence-corrected chi connectivity index (χ4v) is 6.89. The van der Waals surface area contributed by atoms with Crippen molar-refractivity contribution in [3.63, 3.8) is 0 Å². The zero-order chi connectivity index (χ0) is 36.5. The Morgan fingerprint density at radius 1 is 0.585 bits per heavy atom. The van der Waals surface area contributed by atoms with Gasteiger partial charge in [-0.2, -0.15) is 0 Å². The fraction of sp³-hybridized carbons (Fsp3) is 0.224. The summed E-state index contributed by atoms with van der Waals surface area (Å²) >= 11 is 0. The molecule has 8 rings (SSSR count). The third kappa shape index (κ3) is 9.02. The number of benzene rings is 5. The van der Waals surface area contributed by atoms with E-state index in [0.29, 0.717) is 5.41 Å². The van der Waals surface area contributed by atoms with Gasteiger partial charge in [0.25, 0.3) is 0 Å². The van der Waals surface area contributed by atoms with Crippen molar-refractivity contribution in [3.05, 3.63) is 156 Å². The van der Waals surface area contributed by atoms with Crippen LogP contribution in [-0.2, 0) is 32.9 Å². The van der Waals surface area contributed by atoms with Crippen molar-refractivity contribution < 1.29 is 24.5 Å². The molecule has 0 saturated heterocycles. The van der Waals surface area contributed by atoms with Crippen LogP contribution >= 0.6 is 0 Å². The van der Waals surface area contributed by atoms with Gasteiger partial charge in [-0.3, -0.25) is 0 Å². The summed E-state index contributed by atoms with van der Waals surface area (Å²) in [6, 6.07) is 46.9. The molecule has 1 radical (unpaired) electrons. The topological polar surface area (TPSA) is 38.9 Å². The van der Waals surface area contributed by atoms with E-state index in [2.05, 4.69) is 168 Å². The third-order valence-corrected chi connectivity index (χ3v) is 9.16. The molecule has 0 bridgehead atoms. The Labute approximate surface area is 327 Å². The normalized spacial score (nSPS) is 11.7. The molecule has 0 fully saturated rings. The predicted molar refractivity (Wildman–Crippen MR) is 218 cm³/mol. The van der Waals surface area contributed by atoms with Gasteiger partial charge in [-0.15, -0.1) is 65.2 Å². The molecule has 4 heteroatoms. The molecule has 0 spiro atoms. The first-order valence-corrected chi connectivity index (χ1v) is 18.1. The molecule has 8 aromatic rings. The maximum absolute atomic E-state index is 6.10. The van der Waals surface area contributed by atoms with Crippen LogP contribution < -0.4 is 0 Å². The number of hydrogen-bond donors (Lipinski definition) is 0. The van der Waals surface area contributed by atoms with Crippen LogP contribution in [0.15, 0.2) is 132 Å². The molecular formula is C49H46IrN2O-2. The second-order valence-electron chi connectivity index (χ2n) is 16.3. The summed E-state index contributed by atoms with van der Waals surface area (Å²) < 4.78 is 6.10. The first kappa shape index (κ1) is 37.9. The molecule has 3 heterocycles. The number of aromatic nitrogens is 2. The predicted octanol–water partition coefficient (Wildman–Crippen LogP) is 13.3. The molecule has 0 amide bonds. The molecule has 269 valence electrons. The van der Waals surface area contributed by atoms with Crippen molar-refractivity contribution >= 4 is 32.7 Å². The molecule has 0 unspecified atom stereocenters. The third-order valence-electron chi connectivity index (χ3n) is 9.16. The Morgan fingerprint density at radius 3 is 2.00 bits per heavy atom. The summed E-state index contributed by atoms with van der Waals surface area (Å²) in [4.78, 5) is 9.14. The SMILES string of the molecule is CC(C)(C)Cc1ccnc(-c2[c-]cc(-c3cccc4c3ccc3oc5ccccc5c34)cc2)c1.Cc1c[c-]c(-c2ccc(CC(C)(C)C)cn2)cc1.[Ir]. The van der Waals surface area contributed by atoms with Crippen LogP contribution in [0.25, 0.3) is 66.4 Å². The van der Waals surface area contributed by atoms with E-state index in [9.17, 15) is 0 Å². The summed E-state index contributed by atoms with van der Waals surface area (Å²) in [7, 11) is 0. The number of para-hydroxylation sites is 1. The number of aryl methyl sites for hydroxylation is 1. The van der Waals surface area contributed by atoms with Crippen LogP contribution in [0.2, 0.25) is 0 Å². The standard InChI is InChI=1S/C32H26NO.C17H20N.Ir/c1-32(2,3)20-21-17-18-33-28(19-21)23-13-11-22(12-14-23)24-8-6-9-26-25(24)15-16-30-31(26)27-7-4-5-10-29(27)34-30;1-13-5-8-15(9-6-13)16-10-7-14(12-18-16)11-17(2,3)4;/h4-13,15-19H,20H2,1-3H3;5-8,10,12H,11H2,1-4H3;/q2*-1;. The number of hydrogen-bond acceptors (Lipinski definition) is 3. The average Bonchev–Trinajstić information content (AvgIpc) is 3.51. The van der Waals surface area contributed by atoms with Crippen molar-refractivity contribution in [2.45, 2.75) is 61.3 Å². The summed E-state index contributed by atoms with van der Waals surface area (Å²) in [6.07, 6.45) is 5.96. The van der Waals surface area contributed by atoms with Crippen LogP contribution in [0.3, 0.4) is 0 Å². The van der Waals surface area contributed by atoms with E-state index in [1.54, 1.807) is 0 Å². The summed E-state index contributed by atoms with van der Waals surface area (Å²) in [5.74, 6) is 0. The van der Waals surface area contributed by atoms with Crippen molar-refractivity contribution in [3.8, 4) is 33.6 Å². The van der Waals surface area contributed by atoms with Crippen LogP contribution in [0.5, 0.6) is 0 Å². The molecule has 53 heavy (non-hydrogen) atoms. The summed E-state index contributed by atoms with van der Waals surface area (Å²) in [5, 5.41) is 4.76. The quantitative estimate of drug-likeness (QED) is 0.162. The molecule has 0 saturated carbocycles. The van der Waals surface area contributed by atoms with Gasteiger partial charge in [0.2, 0.25) is 0 Å². The van der Waals surface area contributed by atoms with Gasteiger partial charge in [0.05, 0.1) is 0 Å². The first-order chi connectivity index (χ1) is 24.9. The molecule has 3 aromatic heterocycles. The van der Waals surface area contributed by atoms with Crippen molar-refractivity contribution in [1.82, 2.24) is 9.97 Å². The number of furan rings is 1. The minimum absolute atomic E-state index is 0. The van der Waals surface area contributed by atoms with E-state index in [4.69, 9.17) is 4.42 Å². The maximum atomic E-state index is 6.10. The van der Waals surface area contributed by atoms with Gasteiger partial charge < -0.3 is 14.4 Å². The van der Waals surface area contributed by atoms with Gasteiger partial charge in [0, 0.05) is 43.3 Å². The van der Waals surface area contributed by atoms with Crippen molar-refractivity contribution in [1.29, 1.82) is 0 Å². The van der Waals surface area contributed by atoms with Gasteiger partial charge in [0.15, 0.2) is 0 Å². The number of rotatable bonds is 5. The largest absolute Gasteiger partial charge is 0.456 e. The van der Waals surface area contributed by atoms with Gasteiger partial charge in [-0.1, -0.05) is 126 Å². The van der Waals surface area contributed by atoms with E-state index >= 15 is 0 Å². The van der Waals surface area contributed by atoms with E-state index < -0.39 is 0 Å². The molecule has 0 N–H and O–H groups in total. The van der Waals surface area contributed by atoms with Crippen LogP contribution in [0, 0.1) is 29.9 Å². The minimum Gasteiger partial charge on any atom is -0.456 e. The van der Waals surface area contributed by atoms with Crippen LogP contribution in [-0.4, -0.2) is 9.97 Å². The zero-order valence-corrected chi connectivity index (χ0v) is 34.1. The van der Waals surface area contributed by atoms with Crippen LogP contribution in [0.1, 0.15) is 58.2 Å². The van der Waals surface area contributed by atoms with Crippen LogP contribution in [0.4, 0.5) is 0 Å². The zero-order valence-electron chi connectivity index (χ0n) is 31.7. The summed E-state index contributed by atoms with van der Waals surface area (Å²) in [5.41, 5.74) is 12.6. The Morgan fingerprint density at radius 2 is 1.30 bits per heavy atom. The smallest absolute Gasteiger partial charge is 0.136 e. The van der Waals surface area contributed by atoms with Gasteiger partial charge >= 0.3 is 0 Å². The van der Waals surface area contributed by atoms with E-state index in [0.717, 1.165) is 57.5 Å². The molecule has 0 aliphatic rings. The second-order valence-corrected chi connectivity index (χ2v) is 16.3.